The van der Waals surface area contributed by atoms with Gasteiger partial charge in [0, 0.05) is 11.3 Å². The van der Waals surface area contributed by atoms with Crippen LogP contribution in [0, 0.1) is 6.92 Å². The fourth-order valence-corrected chi connectivity index (χ4v) is 3.93. The van der Waals surface area contributed by atoms with Gasteiger partial charge in [-0.15, -0.1) is 0 Å². The average Bonchev–Trinajstić information content (AvgIpc) is 2.75. The van der Waals surface area contributed by atoms with Gasteiger partial charge in [0.05, 0.1) is 13.7 Å². The third kappa shape index (κ3) is 5.37. The molecule has 3 rings (SSSR count). The highest BCUT2D eigenvalue weighted by molar-refractivity contribution is 7.92. The number of sulfonamides is 1. The summed E-state index contributed by atoms with van der Waals surface area (Å²) in [6.45, 7) is 2.09. The van der Waals surface area contributed by atoms with E-state index in [0.717, 1.165) is 11.1 Å². The molecule has 0 spiro atoms. The molecule has 1 amide bonds. The zero-order valence-corrected chi connectivity index (χ0v) is 17.4. The molecule has 0 aliphatic heterocycles. The Kier molecular flexibility index (Phi) is 6.71. The topological polar surface area (TPSA) is 93.7 Å². The second kappa shape index (κ2) is 9.43. The molecule has 0 aromatic heterocycles. The van der Waals surface area contributed by atoms with Crippen LogP contribution < -0.4 is 14.9 Å². The summed E-state index contributed by atoms with van der Waals surface area (Å²) >= 11 is 0. The molecule has 0 bridgehead atoms. The van der Waals surface area contributed by atoms with E-state index < -0.39 is 15.9 Å². The molecule has 156 valence electrons. The number of aryl methyl sites for hydroxylation is 1. The van der Waals surface area contributed by atoms with E-state index in [1.54, 1.807) is 24.3 Å². The van der Waals surface area contributed by atoms with Gasteiger partial charge in [-0.25, -0.2) is 13.9 Å². The van der Waals surface area contributed by atoms with E-state index in [4.69, 9.17) is 9.57 Å². The summed E-state index contributed by atoms with van der Waals surface area (Å²) in [4.78, 5) is 17.5. The van der Waals surface area contributed by atoms with Crippen molar-refractivity contribution in [3.8, 4) is 5.75 Å². The quantitative estimate of drug-likeness (QED) is 0.536. The number of methoxy groups -OCH3 is 1. The Morgan fingerprint density at radius 1 is 0.967 bits per heavy atom. The highest BCUT2D eigenvalue weighted by Crippen LogP contribution is 2.27. The Hall–Kier alpha value is -3.36. The molecular formula is C22H22N2O5S. The van der Waals surface area contributed by atoms with E-state index in [-0.39, 0.29) is 22.8 Å². The number of hydrogen-bond donors (Lipinski definition) is 2. The number of carbonyl (C=O) groups is 1. The average molecular weight is 426 g/mol. The third-order valence-electron chi connectivity index (χ3n) is 4.27. The number of nitrogens with one attached hydrogen (secondary N) is 2. The molecule has 0 heterocycles. The molecule has 3 aromatic rings. The zero-order valence-electron chi connectivity index (χ0n) is 16.6. The SMILES string of the molecule is COc1ccc(C(=O)NOCc2ccccc2)cc1S(=O)(=O)Nc1ccc(C)cc1. The summed E-state index contributed by atoms with van der Waals surface area (Å²) in [6.07, 6.45) is 0. The minimum atomic E-state index is -3.98. The maximum absolute atomic E-state index is 12.9. The molecule has 3 aromatic carbocycles. The number of carbonyl (C=O) groups excluding carboxylic acids is 1. The van der Waals surface area contributed by atoms with Crippen molar-refractivity contribution in [2.45, 2.75) is 18.4 Å². The molecule has 8 heteroatoms. The molecule has 2 N–H and O–H groups in total. The van der Waals surface area contributed by atoms with Crippen molar-refractivity contribution in [2.24, 2.45) is 0 Å². The number of hydroxylamine groups is 1. The highest BCUT2D eigenvalue weighted by atomic mass is 32.2. The molecule has 0 atom stereocenters. The van der Waals surface area contributed by atoms with E-state index in [2.05, 4.69) is 10.2 Å². The Bertz CT molecular complexity index is 1110. The normalized spacial score (nSPS) is 11.0. The largest absolute Gasteiger partial charge is 0.495 e. The number of anilines is 1. The predicted molar refractivity (Wildman–Crippen MR) is 114 cm³/mol. The fraction of sp³-hybridized carbons (Fsp3) is 0.136. The monoisotopic (exact) mass is 426 g/mol. The predicted octanol–water partition coefficient (Wildman–Crippen LogP) is 3.67. The highest BCUT2D eigenvalue weighted by Gasteiger charge is 2.22. The van der Waals surface area contributed by atoms with Crippen molar-refractivity contribution in [3.63, 3.8) is 0 Å². The first-order valence-electron chi connectivity index (χ1n) is 9.12. The first kappa shape index (κ1) is 21.4. The number of rotatable bonds is 8. The van der Waals surface area contributed by atoms with Gasteiger partial charge < -0.3 is 4.74 Å². The number of hydrogen-bond acceptors (Lipinski definition) is 5. The van der Waals surface area contributed by atoms with Gasteiger partial charge in [0.2, 0.25) is 0 Å². The van der Waals surface area contributed by atoms with Crippen molar-refractivity contribution in [1.29, 1.82) is 0 Å². The van der Waals surface area contributed by atoms with E-state index in [1.165, 1.54) is 25.3 Å². The fourth-order valence-electron chi connectivity index (χ4n) is 2.68. The van der Waals surface area contributed by atoms with Gasteiger partial charge in [0.25, 0.3) is 15.9 Å². The second-order valence-electron chi connectivity index (χ2n) is 6.54. The number of ether oxygens (including phenoxy) is 1. The summed E-state index contributed by atoms with van der Waals surface area (Å²) in [6, 6.07) is 20.4. The first-order valence-corrected chi connectivity index (χ1v) is 10.6. The lowest BCUT2D eigenvalue weighted by atomic mass is 10.2. The van der Waals surface area contributed by atoms with Crippen molar-refractivity contribution < 1.29 is 22.8 Å². The summed E-state index contributed by atoms with van der Waals surface area (Å²) in [7, 11) is -2.62. The van der Waals surface area contributed by atoms with Crippen molar-refractivity contribution in [2.75, 3.05) is 11.8 Å². The first-order chi connectivity index (χ1) is 14.4. The van der Waals surface area contributed by atoms with E-state index in [9.17, 15) is 13.2 Å². The van der Waals surface area contributed by atoms with Crippen LogP contribution >= 0.6 is 0 Å². The molecule has 0 saturated heterocycles. The van der Waals surface area contributed by atoms with Crippen LogP contribution in [0.5, 0.6) is 5.75 Å². The summed E-state index contributed by atoms with van der Waals surface area (Å²) in [5, 5.41) is 0. The molecule has 0 fully saturated rings. The number of benzene rings is 3. The zero-order chi connectivity index (χ0) is 21.6. The van der Waals surface area contributed by atoms with Crippen LogP contribution in [0.15, 0.2) is 77.7 Å². The number of amides is 1. The van der Waals surface area contributed by atoms with Crippen LogP contribution in [0.4, 0.5) is 5.69 Å². The smallest absolute Gasteiger partial charge is 0.274 e. The Morgan fingerprint density at radius 3 is 2.33 bits per heavy atom. The van der Waals surface area contributed by atoms with Gasteiger partial charge in [0.1, 0.15) is 10.6 Å². The molecule has 30 heavy (non-hydrogen) atoms. The molecule has 0 aliphatic carbocycles. The maximum Gasteiger partial charge on any atom is 0.274 e. The molecule has 0 saturated carbocycles. The minimum Gasteiger partial charge on any atom is -0.495 e. The van der Waals surface area contributed by atoms with Crippen LogP contribution in [-0.4, -0.2) is 21.4 Å². The molecule has 7 nitrogen and oxygen atoms in total. The maximum atomic E-state index is 12.9. The van der Waals surface area contributed by atoms with Gasteiger partial charge >= 0.3 is 0 Å². The Labute approximate surface area is 175 Å². The van der Waals surface area contributed by atoms with Gasteiger partial charge in [-0.3, -0.25) is 14.4 Å². The van der Waals surface area contributed by atoms with E-state index in [1.807, 2.05) is 37.3 Å². The van der Waals surface area contributed by atoms with Crippen LogP contribution in [0.1, 0.15) is 21.5 Å². The van der Waals surface area contributed by atoms with Gasteiger partial charge in [-0.2, -0.15) is 0 Å². The summed E-state index contributed by atoms with van der Waals surface area (Å²) < 4.78 is 33.4. The lowest BCUT2D eigenvalue weighted by Gasteiger charge is -2.13. The van der Waals surface area contributed by atoms with E-state index >= 15 is 0 Å². The van der Waals surface area contributed by atoms with Crippen LogP contribution in [0.2, 0.25) is 0 Å². The molecule has 0 unspecified atom stereocenters. The van der Waals surface area contributed by atoms with Crippen molar-refractivity contribution >= 4 is 21.6 Å². The third-order valence-corrected chi connectivity index (χ3v) is 5.67. The van der Waals surface area contributed by atoms with Crippen LogP contribution in [-0.2, 0) is 21.5 Å². The molecular weight excluding hydrogens is 404 g/mol. The van der Waals surface area contributed by atoms with Crippen LogP contribution in [0.3, 0.4) is 0 Å². The second-order valence-corrected chi connectivity index (χ2v) is 8.19. The van der Waals surface area contributed by atoms with Gasteiger partial charge in [0.15, 0.2) is 0 Å². The lowest BCUT2D eigenvalue weighted by molar-refractivity contribution is 0.0233. The minimum absolute atomic E-state index is 0.119. The summed E-state index contributed by atoms with van der Waals surface area (Å²) in [5.41, 5.74) is 4.74. The van der Waals surface area contributed by atoms with Crippen LogP contribution in [0.25, 0.3) is 0 Å². The van der Waals surface area contributed by atoms with Crippen molar-refractivity contribution in [1.82, 2.24) is 5.48 Å². The molecule has 0 aliphatic rings. The van der Waals surface area contributed by atoms with Gasteiger partial charge in [-0.1, -0.05) is 48.0 Å². The standard InChI is InChI=1S/C22H22N2O5S/c1-16-8-11-19(12-9-16)24-30(26,27)21-14-18(10-13-20(21)28-2)22(25)23-29-15-17-6-4-3-5-7-17/h3-14,24H,15H2,1-2H3,(H,23,25). The van der Waals surface area contributed by atoms with Gasteiger partial charge in [-0.05, 0) is 42.8 Å². The Morgan fingerprint density at radius 2 is 1.67 bits per heavy atom. The van der Waals surface area contributed by atoms with Crippen molar-refractivity contribution in [3.05, 3.63) is 89.5 Å². The molecule has 0 radical (unpaired) electrons. The lowest BCUT2D eigenvalue weighted by Crippen LogP contribution is -2.24. The van der Waals surface area contributed by atoms with E-state index in [0.29, 0.717) is 5.69 Å². The summed E-state index contributed by atoms with van der Waals surface area (Å²) in [5.74, 6) is -0.447. The Balaban J connectivity index is 1.76.